The van der Waals surface area contributed by atoms with Crippen molar-refractivity contribution < 1.29 is 4.39 Å². The minimum atomic E-state index is -0.0868. The van der Waals surface area contributed by atoms with Gasteiger partial charge in [0.1, 0.15) is 5.82 Å². The maximum absolute atomic E-state index is 13.3. The van der Waals surface area contributed by atoms with Crippen LogP contribution in [0, 0.1) is 11.7 Å². The minimum Gasteiger partial charge on any atom is -0.319 e. The summed E-state index contributed by atoms with van der Waals surface area (Å²) >= 11 is 0. The van der Waals surface area contributed by atoms with Gasteiger partial charge in [-0.1, -0.05) is 6.07 Å². The van der Waals surface area contributed by atoms with Gasteiger partial charge in [-0.2, -0.15) is 0 Å². The van der Waals surface area contributed by atoms with Crippen LogP contribution < -0.4 is 5.32 Å². The molecule has 0 aliphatic heterocycles. The predicted octanol–water partition coefficient (Wildman–Crippen LogP) is 3.03. The average molecular weight is 219 g/mol. The first-order valence-electron chi connectivity index (χ1n) is 6.23. The van der Waals surface area contributed by atoms with Crippen LogP contribution in [0.25, 0.3) is 0 Å². The number of hydrogen-bond acceptors (Lipinski definition) is 1. The molecule has 0 aromatic heterocycles. The van der Waals surface area contributed by atoms with Crippen LogP contribution in [0.4, 0.5) is 4.39 Å². The van der Waals surface area contributed by atoms with Gasteiger partial charge in [0.05, 0.1) is 0 Å². The third kappa shape index (κ3) is 1.65. The maximum atomic E-state index is 13.3. The molecule has 1 N–H and O–H groups in total. The summed E-state index contributed by atoms with van der Waals surface area (Å²) in [4.78, 5) is 0. The molecule has 2 heteroatoms. The Labute approximate surface area is 96.1 Å². The lowest BCUT2D eigenvalue weighted by atomic mass is 9.96. The van der Waals surface area contributed by atoms with Crippen molar-refractivity contribution >= 4 is 0 Å². The van der Waals surface area contributed by atoms with Gasteiger partial charge < -0.3 is 5.32 Å². The van der Waals surface area contributed by atoms with Crippen molar-refractivity contribution in [2.75, 3.05) is 13.6 Å². The topological polar surface area (TPSA) is 12.0 Å². The third-order valence-electron chi connectivity index (χ3n) is 4.07. The maximum Gasteiger partial charge on any atom is 0.123 e. The van der Waals surface area contributed by atoms with Gasteiger partial charge in [0.25, 0.3) is 0 Å². The van der Waals surface area contributed by atoms with E-state index in [4.69, 9.17) is 0 Å². The highest BCUT2D eigenvalue weighted by Crippen LogP contribution is 2.53. The molecule has 1 fully saturated rings. The van der Waals surface area contributed by atoms with Gasteiger partial charge in [-0.05, 0) is 67.3 Å². The van der Waals surface area contributed by atoms with E-state index < -0.39 is 0 Å². The van der Waals surface area contributed by atoms with Crippen molar-refractivity contribution in [3.8, 4) is 0 Å². The highest BCUT2D eigenvalue weighted by atomic mass is 19.1. The molecule has 1 nitrogen and oxygen atoms in total. The first-order valence-corrected chi connectivity index (χ1v) is 6.23. The summed E-state index contributed by atoms with van der Waals surface area (Å²) in [6.45, 7) is 0.972. The lowest BCUT2D eigenvalue weighted by Gasteiger charge is -2.10. The Hall–Kier alpha value is -0.890. The molecular weight excluding hydrogens is 201 g/mol. The smallest absolute Gasteiger partial charge is 0.123 e. The van der Waals surface area contributed by atoms with Gasteiger partial charge >= 0.3 is 0 Å². The monoisotopic (exact) mass is 219 g/mol. The summed E-state index contributed by atoms with van der Waals surface area (Å²) < 4.78 is 13.3. The van der Waals surface area contributed by atoms with Crippen molar-refractivity contribution in [3.05, 3.63) is 35.1 Å². The number of fused-ring (bicyclic) bond motifs is 1. The Kier molecular flexibility index (Phi) is 2.47. The van der Waals surface area contributed by atoms with Crippen LogP contribution in [-0.4, -0.2) is 13.6 Å². The van der Waals surface area contributed by atoms with Crippen molar-refractivity contribution in [2.24, 2.45) is 5.92 Å². The van der Waals surface area contributed by atoms with E-state index in [1.54, 1.807) is 12.1 Å². The van der Waals surface area contributed by atoms with Gasteiger partial charge in [-0.25, -0.2) is 4.39 Å². The second-order valence-electron chi connectivity index (χ2n) is 5.21. The van der Waals surface area contributed by atoms with Gasteiger partial charge in [-0.3, -0.25) is 0 Å². The Morgan fingerprint density at radius 1 is 1.31 bits per heavy atom. The van der Waals surface area contributed by atoms with E-state index in [0.29, 0.717) is 11.8 Å². The van der Waals surface area contributed by atoms with E-state index >= 15 is 0 Å². The Balaban J connectivity index is 1.95. The molecule has 16 heavy (non-hydrogen) atoms. The third-order valence-corrected chi connectivity index (χ3v) is 4.07. The Morgan fingerprint density at radius 3 is 2.81 bits per heavy atom. The highest BCUT2D eigenvalue weighted by molar-refractivity contribution is 5.40. The van der Waals surface area contributed by atoms with E-state index in [-0.39, 0.29) is 5.82 Å². The van der Waals surface area contributed by atoms with E-state index in [1.165, 1.54) is 30.4 Å². The number of nitrogens with one attached hydrogen (secondary N) is 1. The summed E-state index contributed by atoms with van der Waals surface area (Å²) in [6.07, 6.45) is 3.95. The zero-order chi connectivity index (χ0) is 11.1. The van der Waals surface area contributed by atoms with E-state index in [2.05, 4.69) is 5.32 Å². The summed E-state index contributed by atoms with van der Waals surface area (Å²) in [6, 6.07) is 5.39. The number of halogens is 1. The zero-order valence-electron chi connectivity index (χ0n) is 9.67. The number of likely N-dealkylation sites (N-methyl/N-ethyl adjacent to an activating group) is 1. The summed E-state index contributed by atoms with van der Waals surface area (Å²) in [5, 5.41) is 3.23. The van der Waals surface area contributed by atoms with Crippen LogP contribution >= 0.6 is 0 Å². The minimum absolute atomic E-state index is 0.0868. The molecular formula is C14H18FN. The quantitative estimate of drug-likeness (QED) is 0.824. The highest BCUT2D eigenvalue weighted by Gasteiger charge is 2.40. The van der Waals surface area contributed by atoms with E-state index in [1.807, 2.05) is 13.1 Å². The molecule has 0 bridgehead atoms. The molecule has 2 aliphatic carbocycles. The number of benzene rings is 1. The van der Waals surface area contributed by atoms with Crippen molar-refractivity contribution in [1.29, 1.82) is 0 Å². The van der Waals surface area contributed by atoms with E-state index in [0.717, 1.165) is 12.5 Å². The fourth-order valence-electron chi connectivity index (χ4n) is 3.18. The lowest BCUT2D eigenvalue weighted by molar-refractivity contribution is 0.525. The van der Waals surface area contributed by atoms with Gasteiger partial charge in [0.15, 0.2) is 0 Å². The van der Waals surface area contributed by atoms with Crippen LogP contribution in [0.5, 0.6) is 0 Å². The van der Waals surface area contributed by atoms with Crippen LogP contribution in [-0.2, 0) is 0 Å². The first-order chi connectivity index (χ1) is 7.79. The van der Waals surface area contributed by atoms with E-state index in [9.17, 15) is 4.39 Å². The number of hydrogen-bond donors (Lipinski definition) is 1. The van der Waals surface area contributed by atoms with Gasteiger partial charge in [-0.15, -0.1) is 0 Å². The predicted molar refractivity (Wildman–Crippen MR) is 63.1 cm³/mol. The molecule has 1 saturated carbocycles. The van der Waals surface area contributed by atoms with Crippen LogP contribution in [0.3, 0.4) is 0 Å². The van der Waals surface area contributed by atoms with Crippen molar-refractivity contribution in [2.45, 2.75) is 31.1 Å². The average Bonchev–Trinajstić information content (AvgIpc) is 3.04. The lowest BCUT2D eigenvalue weighted by Crippen LogP contribution is -2.15. The van der Waals surface area contributed by atoms with Crippen LogP contribution in [0.15, 0.2) is 18.2 Å². The molecule has 2 unspecified atom stereocenters. The van der Waals surface area contributed by atoms with Crippen LogP contribution in [0.2, 0.25) is 0 Å². The molecule has 2 aliphatic rings. The van der Waals surface area contributed by atoms with Crippen molar-refractivity contribution in [3.63, 3.8) is 0 Å². The second kappa shape index (κ2) is 3.85. The Bertz CT molecular complexity index is 398. The molecule has 0 saturated heterocycles. The first kappa shape index (κ1) is 10.3. The molecule has 0 heterocycles. The second-order valence-corrected chi connectivity index (χ2v) is 5.21. The normalized spacial score (nSPS) is 28.1. The summed E-state index contributed by atoms with van der Waals surface area (Å²) in [5.41, 5.74) is 2.68. The summed E-state index contributed by atoms with van der Waals surface area (Å²) in [7, 11) is 1.98. The Morgan fingerprint density at radius 2 is 2.12 bits per heavy atom. The molecule has 1 aromatic carbocycles. The fourth-order valence-corrected chi connectivity index (χ4v) is 3.18. The molecule has 0 spiro atoms. The van der Waals surface area contributed by atoms with Gasteiger partial charge in [0.2, 0.25) is 0 Å². The molecule has 86 valence electrons. The molecule has 1 aromatic rings. The molecule has 3 rings (SSSR count). The SMILES string of the molecule is CNCC1CC(C2CC2)c2ccc(F)cc21. The zero-order valence-corrected chi connectivity index (χ0v) is 9.67. The standard InChI is InChI=1S/C14H18FN/c1-16-8-10-6-13(9-2-3-9)12-5-4-11(15)7-14(10)12/h4-5,7,9-10,13,16H,2-3,6,8H2,1H3. The molecule has 0 amide bonds. The fraction of sp³-hybridized carbons (Fsp3) is 0.571. The van der Waals surface area contributed by atoms with Crippen molar-refractivity contribution in [1.82, 2.24) is 5.32 Å². The van der Waals surface area contributed by atoms with Crippen LogP contribution in [0.1, 0.15) is 42.2 Å². The molecule has 2 atom stereocenters. The van der Waals surface area contributed by atoms with Gasteiger partial charge in [0, 0.05) is 6.54 Å². The largest absolute Gasteiger partial charge is 0.319 e. The summed E-state index contributed by atoms with van der Waals surface area (Å²) in [5.74, 6) is 2.01. The molecule has 0 radical (unpaired) electrons. The number of rotatable bonds is 3.